The van der Waals surface area contributed by atoms with Gasteiger partial charge >= 0.3 is 0 Å². The van der Waals surface area contributed by atoms with Crippen molar-refractivity contribution in [2.75, 3.05) is 29.1 Å². The fourth-order valence-corrected chi connectivity index (χ4v) is 4.60. The summed E-state index contributed by atoms with van der Waals surface area (Å²) in [4.78, 5) is 31.5. The Morgan fingerprint density at radius 1 is 1.30 bits per heavy atom. The zero-order valence-corrected chi connectivity index (χ0v) is 17.1. The molecule has 1 amide bonds. The topological polar surface area (TPSA) is 67.2 Å². The number of benzene rings is 1. The summed E-state index contributed by atoms with van der Waals surface area (Å²) >= 11 is 1.53. The van der Waals surface area contributed by atoms with E-state index in [4.69, 9.17) is 0 Å². The van der Waals surface area contributed by atoms with Gasteiger partial charge in [-0.25, -0.2) is 4.98 Å². The van der Waals surface area contributed by atoms with Crippen LogP contribution in [-0.2, 0) is 4.79 Å². The number of hydrogen-bond donors (Lipinski definition) is 1. The summed E-state index contributed by atoms with van der Waals surface area (Å²) in [6.07, 6.45) is 0.266. The number of carbonyl (C=O) groups excluding carboxylic acids is 1. The maximum absolute atomic E-state index is 12.6. The molecule has 3 rings (SSSR count). The van der Waals surface area contributed by atoms with E-state index >= 15 is 0 Å². The van der Waals surface area contributed by atoms with Gasteiger partial charge in [0.2, 0.25) is 5.91 Å². The molecule has 1 aliphatic rings. The average Bonchev–Trinajstić information content (AvgIpc) is 3.01. The van der Waals surface area contributed by atoms with Gasteiger partial charge in [0.15, 0.2) is 5.16 Å². The molecule has 0 saturated heterocycles. The van der Waals surface area contributed by atoms with Gasteiger partial charge in [0.1, 0.15) is 0 Å². The first-order chi connectivity index (χ1) is 12.9. The van der Waals surface area contributed by atoms with E-state index in [2.05, 4.69) is 35.1 Å². The fraction of sp³-hybridized carbons (Fsp3) is 0.450. The third-order valence-electron chi connectivity index (χ3n) is 4.85. The Balaban J connectivity index is 1.70. The first-order valence-corrected chi connectivity index (χ1v) is 10.3. The smallest absolute Gasteiger partial charge is 0.254 e. The van der Waals surface area contributed by atoms with Gasteiger partial charge in [-0.15, -0.1) is 0 Å². The lowest BCUT2D eigenvalue weighted by Gasteiger charge is -2.22. The minimum absolute atomic E-state index is 0.0833. The zero-order chi connectivity index (χ0) is 19.6. The van der Waals surface area contributed by atoms with Crippen LogP contribution in [0.3, 0.4) is 0 Å². The Morgan fingerprint density at radius 3 is 2.70 bits per heavy atom. The molecule has 0 fully saturated rings. The molecule has 1 atom stereocenters. The first kappa shape index (κ1) is 19.5. The summed E-state index contributed by atoms with van der Waals surface area (Å²) in [6.45, 7) is 9.97. The quantitative estimate of drug-likeness (QED) is 0.771. The zero-order valence-electron chi connectivity index (χ0n) is 16.3. The number of aromatic nitrogens is 2. The molecule has 1 unspecified atom stereocenters. The van der Waals surface area contributed by atoms with Crippen molar-refractivity contribution in [2.45, 2.75) is 45.3 Å². The van der Waals surface area contributed by atoms with E-state index in [1.165, 1.54) is 17.8 Å². The molecule has 0 radical (unpaired) electrons. The van der Waals surface area contributed by atoms with Crippen LogP contribution in [0.4, 0.5) is 11.4 Å². The van der Waals surface area contributed by atoms with Gasteiger partial charge in [0.25, 0.3) is 5.56 Å². The number of nitrogens with one attached hydrogen (secondary N) is 1. The number of rotatable bonds is 6. The highest BCUT2D eigenvalue weighted by Crippen LogP contribution is 2.32. The predicted molar refractivity (Wildman–Crippen MR) is 111 cm³/mol. The van der Waals surface area contributed by atoms with Gasteiger partial charge in [-0.05, 0) is 51.5 Å². The molecule has 6 nitrogen and oxygen atoms in total. The van der Waals surface area contributed by atoms with Crippen LogP contribution in [0.2, 0.25) is 0 Å². The Morgan fingerprint density at radius 2 is 2.04 bits per heavy atom. The maximum atomic E-state index is 12.6. The lowest BCUT2D eigenvalue weighted by Crippen LogP contribution is -2.27. The fourth-order valence-electron chi connectivity index (χ4n) is 3.40. The van der Waals surface area contributed by atoms with E-state index < -0.39 is 0 Å². The van der Waals surface area contributed by atoms with Crippen LogP contribution in [-0.4, -0.2) is 34.3 Å². The molecule has 2 heterocycles. The maximum Gasteiger partial charge on any atom is 0.254 e. The summed E-state index contributed by atoms with van der Waals surface area (Å²) in [6, 6.07) is 7.46. The minimum Gasteiger partial charge on any atom is -0.372 e. The highest BCUT2D eigenvalue weighted by Gasteiger charge is 2.27. The first-order valence-electron chi connectivity index (χ1n) is 9.31. The van der Waals surface area contributed by atoms with Gasteiger partial charge in [-0.2, -0.15) is 0 Å². The van der Waals surface area contributed by atoms with Crippen LogP contribution in [0.25, 0.3) is 0 Å². The Labute approximate surface area is 164 Å². The molecule has 1 N–H and O–H groups in total. The second-order valence-electron chi connectivity index (χ2n) is 6.78. The number of anilines is 2. The molecular weight excluding hydrogens is 360 g/mol. The third kappa shape index (κ3) is 4.18. The number of thioether (sulfide) groups is 1. The van der Waals surface area contributed by atoms with Crippen LogP contribution in [0, 0.1) is 13.8 Å². The summed E-state index contributed by atoms with van der Waals surface area (Å²) < 4.78 is 1.65. The van der Waals surface area contributed by atoms with Crippen molar-refractivity contribution >= 4 is 29.0 Å². The molecule has 0 bridgehead atoms. The van der Waals surface area contributed by atoms with Gasteiger partial charge in [-0.3, -0.25) is 14.2 Å². The summed E-state index contributed by atoms with van der Waals surface area (Å²) in [5.74, 6) is 0.610. The summed E-state index contributed by atoms with van der Waals surface area (Å²) in [5.41, 5.74) is 3.64. The van der Waals surface area contributed by atoms with Crippen molar-refractivity contribution in [3.05, 3.63) is 45.9 Å². The summed E-state index contributed by atoms with van der Waals surface area (Å²) in [5, 5.41) is 3.70. The Bertz CT molecular complexity index is 905. The van der Waals surface area contributed by atoms with Crippen molar-refractivity contribution in [1.82, 2.24) is 9.55 Å². The van der Waals surface area contributed by atoms with E-state index in [0.29, 0.717) is 16.6 Å². The Kier molecular flexibility index (Phi) is 5.89. The molecule has 0 spiro atoms. The van der Waals surface area contributed by atoms with Crippen LogP contribution in [0.1, 0.15) is 37.6 Å². The molecule has 7 heteroatoms. The Hall–Kier alpha value is -2.28. The average molecular weight is 387 g/mol. The normalized spacial score (nSPS) is 15.5. The number of hydrogen-bond acceptors (Lipinski definition) is 5. The van der Waals surface area contributed by atoms with E-state index in [-0.39, 0.29) is 23.9 Å². The lowest BCUT2D eigenvalue weighted by molar-refractivity contribution is -0.116. The van der Waals surface area contributed by atoms with Crippen molar-refractivity contribution < 1.29 is 4.79 Å². The van der Waals surface area contributed by atoms with E-state index in [1.807, 2.05) is 26.0 Å². The molecule has 1 aromatic heterocycles. The van der Waals surface area contributed by atoms with Crippen molar-refractivity contribution in [1.29, 1.82) is 0 Å². The second kappa shape index (κ2) is 8.17. The highest BCUT2D eigenvalue weighted by molar-refractivity contribution is 7.99. The van der Waals surface area contributed by atoms with Gasteiger partial charge in [0.05, 0.1) is 6.04 Å². The number of aryl methyl sites for hydroxylation is 2. The molecule has 27 heavy (non-hydrogen) atoms. The van der Waals surface area contributed by atoms with Crippen LogP contribution < -0.4 is 15.8 Å². The van der Waals surface area contributed by atoms with Crippen LogP contribution in [0.15, 0.2) is 34.2 Å². The number of fused-ring (bicyclic) bond motifs is 1. The van der Waals surface area contributed by atoms with E-state index in [0.717, 1.165) is 30.0 Å². The second-order valence-corrected chi connectivity index (χ2v) is 7.76. The summed E-state index contributed by atoms with van der Waals surface area (Å²) in [7, 11) is 0. The molecule has 1 aromatic carbocycles. The van der Waals surface area contributed by atoms with Gasteiger partial charge in [0, 0.05) is 48.4 Å². The largest absolute Gasteiger partial charge is 0.372 e. The molecule has 0 saturated carbocycles. The van der Waals surface area contributed by atoms with Crippen molar-refractivity contribution in [2.24, 2.45) is 0 Å². The number of amides is 1. The molecule has 144 valence electrons. The van der Waals surface area contributed by atoms with E-state index in [9.17, 15) is 9.59 Å². The standard InChI is InChI=1S/C20H26N4O2S/c1-5-23(6-2)15-7-8-17(13(3)9-15)22-18(25)11-16-12-27-20-21-14(4)10-19(26)24(16)20/h7-10,16H,5-6,11-12H2,1-4H3,(H,22,25). The van der Waals surface area contributed by atoms with Crippen LogP contribution in [0.5, 0.6) is 0 Å². The van der Waals surface area contributed by atoms with Gasteiger partial charge < -0.3 is 10.2 Å². The monoisotopic (exact) mass is 386 g/mol. The van der Waals surface area contributed by atoms with Gasteiger partial charge in [-0.1, -0.05) is 11.8 Å². The highest BCUT2D eigenvalue weighted by atomic mass is 32.2. The van der Waals surface area contributed by atoms with Crippen LogP contribution >= 0.6 is 11.8 Å². The number of carbonyl (C=O) groups is 1. The molecule has 1 aliphatic heterocycles. The van der Waals surface area contributed by atoms with Crippen molar-refractivity contribution in [3.8, 4) is 0 Å². The predicted octanol–water partition coefficient (Wildman–Crippen LogP) is 3.38. The molecular formula is C20H26N4O2S. The number of nitrogens with zero attached hydrogens (tertiary/aromatic N) is 3. The SMILES string of the molecule is CCN(CC)c1ccc(NC(=O)CC2CSc3nc(C)cc(=O)n32)c(C)c1. The third-order valence-corrected chi connectivity index (χ3v) is 5.95. The minimum atomic E-state index is -0.152. The molecule has 2 aromatic rings. The lowest BCUT2D eigenvalue weighted by atomic mass is 10.1. The van der Waals surface area contributed by atoms with Crippen molar-refractivity contribution in [3.63, 3.8) is 0 Å². The van der Waals surface area contributed by atoms with E-state index in [1.54, 1.807) is 4.57 Å². The molecule has 0 aliphatic carbocycles.